The van der Waals surface area contributed by atoms with E-state index in [1.54, 1.807) is 0 Å². The number of hydrogen-bond acceptors (Lipinski definition) is 4. The van der Waals surface area contributed by atoms with Crippen LogP contribution in [0.3, 0.4) is 0 Å². The Labute approximate surface area is 115 Å². The Bertz CT molecular complexity index is 475. The van der Waals surface area contributed by atoms with E-state index in [0.717, 1.165) is 29.6 Å². The van der Waals surface area contributed by atoms with Crippen LogP contribution in [0.15, 0.2) is 0 Å². The standard InChI is InChI=1S/C15H24N4/c1-4-15(7-8-15)9-17-13-10(2)12(16-3)18-14(19-13)11-5-6-11/h11H,4-9H2,1-3H3,(H2,16,17,18,19). The molecule has 1 aromatic rings. The highest BCUT2D eigenvalue weighted by atomic mass is 15.1. The molecule has 0 bridgehead atoms. The molecule has 0 unspecified atom stereocenters. The van der Waals surface area contributed by atoms with Crippen molar-refractivity contribution in [3.63, 3.8) is 0 Å². The molecule has 2 saturated carbocycles. The first-order valence-electron chi connectivity index (χ1n) is 7.47. The highest BCUT2D eigenvalue weighted by Crippen LogP contribution is 2.48. The predicted molar refractivity (Wildman–Crippen MR) is 78.7 cm³/mol. The molecular weight excluding hydrogens is 236 g/mol. The zero-order valence-corrected chi connectivity index (χ0v) is 12.2. The molecule has 0 aromatic carbocycles. The van der Waals surface area contributed by atoms with Gasteiger partial charge in [0.2, 0.25) is 0 Å². The third-order valence-corrected chi connectivity index (χ3v) is 4.68. The average molecular weight is 260 g/mol. The van der Waals surface area contributed by atoms with E-state index < -0.39 is 0 Å². The summed E-state index contributed by atoms with van der Waals surface area (Å²) in [6.45, 7) is 5.43. The van der Waals surface area contributed by atoms with Crippen molar-refractivity contribution in [3.8, 4) is 0 Å². The molecule has 2 aliphatic rings. The lowest BCUT2D eigenvalue weighted by Crippen LogP contribution is -2.17. The van der Waals surface area contributed by atoms with Crippen LogP contribution in [0.1, 0.15) is 56.3 Å². The summed E-state index contributed by atoms with van der Waals surface area (Å²) < 4.78 is 0. The second-order valence-electron chi connectivity index (χ2n) is 6.14. The molecular formula is C15H24N4. The number of hydrogen-bond donors (Lipinski definition) is 2. The van der Waals surface area contributed by atoms with Crippen molar-refractivity contribution in [3.05, 3.63) is 11.4 Å². The molecule has 0 aliphatic heterocycles. The zero-order valence-electron chi connectivity index (χ0n) is 12.2. The Morgan fingerprint density at radius 2 is 1.89 bits per heavy atom. The SMILES string of the molecule is CCC1(CNc2nc(C3CC3)nc(NC)c2C)CC1. The normalized spacial score (nSPS) is 20.2. The van der Waals surface area contributed by atoms with Crippen LogP contribution in [0.2, 0.25) is 0 Å². The summed E-state index contributed by atoms with van der Waals surface area (Å²) in [5, 5.41) is 6.77. The molecule has 104 valence electrons. The minimum Gasteiger partial charge on any atom is -0.373 e. The fraction of sp³-hybridized carbons (Fsp3) is 0.733. The monoisotopic (exact) mass is 260 g/mol. The molecule has 3 rings (SSSR count). The Balaban J connectivity index is 1.80. The fourth-order valence-corrected chi connectivity index (χ4v) is 2.58. The van der Waals surface area contributed by atoms with Gasteiger partial charge in [0, 0.05) is 25.1 Å². The van der Waals surface area contributed by atoms with E-state index in [1.165, 1.54) is 32.1 Å². The van der Waals surface area contributed by atoms with E-state index in [9.17, 15) is 0 Å². The molecule has 0 saturated heterocycles. The van der Waals surface area contributed by atoms with Gasteiger partial charge in [-0.05, 0) is 44.4 Å². The number of nitrogens with zero attached hydrogens (tertiary/aromatic N) is 2. The predicted octanol–water partition coefficient (Wildman–Crippen LogP) is 3.31. The summed E-state index contributed by atoms with van der Waals surface area (Å²) in [7, 11) is 1.93. The summed E-state index contributed by atoms with van der Waals surface area (Å²) in [6.07, 6.45) is 6.46. The largest absolute Gasteiger partial charge is 0.373 e. The fourth-order valence-electron chi connectivity index (χ4n) is 2.58. The maximum absolute atomic E-state index is 4.75. The Hall–Kier alpha value is -1.32. The van der Waals surface area contributed by atoms with Gasteiger partial charge in [0.1, 0.15) is 17.5 Å². The second kappa shape index (κ2) is 4.66. The van der Waals surface area contributed by atoms with Crippen molar-refractivity contribution >= 4 is 11.6 Å². The van der Waals surface area contributed by atoms with Crippen LogP contribution in [-0.4, -0.2) is 23.6 Å². The summed E-state index contributed by atoms with van der Waals surface area (Å²) in [5.74, 6) is 3.61. The maximum Gasteiger partial charge on any atom is 0.136 e. The van der Waals surface area contributed by atoms with Gasteiger partial charge in [0.15, 0.2) is 0 Å². The lowest BCUT2D eigenvalue weighted by atomic mass is 10.0. The Morgan fingerprint density at radius 1 is 1.21 bits per heavy atom. The van der Waals surface area contributed by atoms with Crippen LogP contribution in [0.4, 0.5) is 11.6 Å². The van der Waals surface area contributed by atoms with Gasteiger partial charge in [-0.25, -0.2) is 9.97 Å². The van der Waals surface area contributed by atoms with Crippen LogP contribution in [-0.2, 0) is 0 Å². The average Bonchev–Trinajstić information content (AvgIpc) is 3.30. The number of rotatable bonds is 6. The summed E-state index contributed by atoms with van der Waals surface area (Å²) in [4.78, 5) is 9.38. The smallest absolute Gasteiger partial charge is 0.136 e. The first-order valence-corrected chi connectivity index (χ1v) is 7.47. The van der Waals surface area contributed by atoms with Crippen molar-refractivity contribution in [1.29, 1.82) is 0 Å². The van der Waals surface area contributed by atoms with E-state index in [4.69, 9.17) is 4.98 Å². The van der Waals surface area contributed by atoms with E-state index in [2.05, 4.69) is 29.5 Å². The molecule has 0 spiro atoms. The number of anilines is 2. The van der Waals surface area contributed by atoms with Crippen LogP contribution in [0.5, 0.6) is 0 Å². The molecule has 2 aliphatic carbocycles. The second-order valence-corrected chi connectivity index (χ2v) is 6.14. The molecule has 19 heavy (non-hydrogen) atoms. The van der Waals surface area contributed by atoms with Crippen molar-refractivity contribution in [1.82, 2.24) is 9.97 Å². The van der Waals surface area contributed by atoms with E-state index in [1.807, 2.05) is 7.05 Å². The molecule has 4 nitrogen and oxygen atoms in total. The Kier molecular flexibility index (Phi) is 3.11. The molecule has 4 heteroatoms. The van der Waals surface area contributed by atoms with Gasteiger partial charge >= 0.3 is 0 Å². The van der Waals surface area contributed by atoms with Gasteiger partial charge < -0.3 is 10.6 Å². The number of aromatic nitrogens is 2. The summed E-state index contributed by atoms with van der Waals surface area (Å²) >= 11 is 0. The van der Waals surface area contributed by atoms with Gasteiger partial charge in [-0.2, -0.15) is 0 Å². The van der Waals surface area contributed by atoms with Crippen molar-refractivity contribution in [2.75, 3.05) is 24.2 Å². The van der Waals surface area contributed by atoms with Gasteiger partial charge in [0.25, 0.3) is 0 Å². The third kappa shape index (κ3) is 2.53. The van der Waals surface area contributed by atoms with Crippen LogP contribution in [0, 0.1) is 12.3 Å². The third-order valence-electron chi connectivity index (χ3n) is 4.68. The van der Waals surface area contributed by atoms with E-state index >= 15 is 0 Å². The minimum absolute atomic E-state index is 0.539. The lowest BCUT2D eigenvalue weighted by molar-refractivity contribution is 0.520. The maximum atomic E-state index is 4.75. The molecule has 2 N–H and O–H groups in total. The highest BCUT2D eigenvalue weighted by Gasteiger charge is 2.40. The first-order chi connectivity index (χ1) is 9.17. The topological polar surface area (TPSA) is 49.8 Å². The molecule has 0 radical (unpaired) electrons. The van der Waals surface area contributed by atoms with Gasteiger partial charge in [-0.1, -0.05) is 6.92 Å². The molecule has 0 amide bonds. The van der Waals surface area contributed by atoms with Crippen LogP contribution in [0.25, 0.3) is 0 Å². The minimum atomic E-state index is 0.539. The van der Waals surface area contributed by atoms with Gasteiger partial charge in [0.05, 0.1) is 0 Å². The quantitative estimate of drug-likeness (QED) is 0.824. The number of nitrogens with one attached hydrogen (secondary N) is 2. The molecule has 1 heterocycles. The molecule has 2 fully saturated rings. The lowest BCUT2D eigenvalue weighted by Gasteiger charge is -2.17. The van der Waals surface area contributed by atoms with Gasteiger partial charge in [-0.3, -0.25) is 0 Å². The highest BCUT2D eigenvalue weighted by molar-refractivity contribution is 5.57. The first kappa shape index (κ1) is 12.7. The van der Waals surface area contributed by atoms with E-state index in [0.29, 0.717) is 11.3 Å². The van der Waals surface area contributed by atoms with Crippen LogP contribution >= 0.6 is 0 Å². The Morgan fingerprint density at radius 3 is 2.42 bits per heavy atom. The molecule has 1 aromatic heterocycles. The van der Waals surface area contributed by atoms with Crippen molar-refractivity contribution in [2.24, 2.45) is 5.41 Å². The summed E-state index contributed by atoms with van der Waals surface area (Å²) in [5.41, 5.74) is 1.68. The van der Waals surface area contributed by atoms with Crippen molar-refractivity contribution in [2.45, 2.75) is 51.9 Å². The van der Waals surface area contributed by atoms with Gasteiger partial charge in [-0.15, -0.1) is 0 Å². The van der Waals surface area contributed by atoms with Crippen molar-refractivity contribution < 1.29 is 0 Å². The zero-order chi connectivity index (χ0) is 13.5. The molecule has 0 atom stereocenters. The van der Waals surface area contributed by atoms with E-state index in [-0.39, 0.29) is 0 Å². The summed E-state index contributed by atoms with van der Waals surface area (Å²) in [6, 6.07) is 0. The van der Waals surface area contributed by atoms with Crippen LogP contribution < -0.4 is 10.6 Å².